The van der Waals surface area contributed by atoms with Crippen molar-refractivity contribution in [3.8, 4) is 5.75 Å². The standard InChI is InChI=1S/C19H29NO11/c1-27-17-12(23)10(6-21)29-19(15(17)26)31-16-11(7-22)30-18(14(25)13(16)24)28-9-4-2-8(20)3-5-9/h2-5,10-19,21-26H,6-7,20H2,1H3/t10-,11-,12+,13-,14-,15-,16-,17+,18-,19+/m1/s1. The molecule has 2 fully saturated rings. The third-order valence-electron chi connectivity index (χ3n) is 5.34. The molecule has 12 heteroatoms. The number of hydrogen-bond donors (Lipinski definition) is 7. The number of benzene rings is 1. The molecule has 1 aromatic carbocycles. The van der Waals surface area contributed by atoms with Gasteiger partial charge in [-0.25, -0.2) is 0 Å². The van der Waals surface area contributed by atoms with Crippen molar-refractivity contribution in [1.29, 1.82) is 0 Å². The number of ether oxygens (including phenoxy) is 5. The first-order valence-corrected chi connectivity index (χ1v) is 9.76. The summed E-state index contributed by atoms with van der Waals surface area (Å²) in [6, 6.07) is 6.25. The Bertz CT molecular complexity index is 690. The van der Waals surface area contributed by atoms with Crippen LogP contribution in [0.2, 0.25) is 0 Å². The van der Waals surface area contributed by atoms with Crippen LogP contribution in [0.5, 0.6) is 5.75 Å². The Labute approximate surface area is 178 Å². The number of methoxy groups -OCH3 is 1. The van der Waals surface area contributed by atoms with Crippen molar-refractivity contribution in [2.75, 3.05) is 26.1 Å². The summed E-state index contributed by atoms with van der Waals surface area (Å²) >= 11 is 0. The van der Waals surface area contributed by atoms with Crippen molar-refractivity contribution in [2.45, 2.75) is 61.4 Å². The molecule has 2 saturated heterocycles. The van der Waals surface area contributed by atoms with Crippen LogP contribution >= 0.6 is 0 Å². The first kappa shape index (κ1) is 24.1. The summed E-state index contributed by atoms with van der Waals surface area (Å²) < 4.78 is 27.2. The molecule has 3 rings (SSSR count). The molecular weight excluding hydrogens is 418 g/mol. The largest absolute Gasteiger partial charge is 0.462 e. The van der Waals surface area contributed by atoms with Gasteiger partial charge in [0.2, 0.25) is 6.29 Å². The lowest BCUT2D eigenvalue weighted by atomic mass is 9.97. The predicted octanol–water partition coefficient (Wildman–Crippen LogP) is -3.07. The highest BCUT2D eigenvalue weighted by Crippen LogP contribution is 2.31. The Balaban J connectivity index is 1.72. The van der Waals surface area contributed by atoms with Gasteiger partial charge in [-0.15, -0.1) is 0 Å². The normalized spacial score (nSPS) is 41.1. The van der Waals surface area contributed by atoms with Gasteiger partial charge in [0, 0.05) is 12.8 Å². The molecule has 2 aliphatic heterocycles. The zero-order valence-electron chi connectivity index (χ0n) is 16.8. The van der Waals surface area contributed by atoms with Crippen molar-refractivity contribution in [2.24, 2.45) is 0 Å². The molecule has 0 aliphatic carbocycles. The second-order valence-corrected chi connectivity index (χ2v) is 7.40. The first-order valence-electron chi connectivity index (χ1n) is 9.76. The highest BCUT2D eigenvalue weighted by molar-refractivity contribution is 5.41. The second-order valence-electron chi connectivity index (χ2n) is 7.40. The van der Waals surface area contributed by atoms with E-state index in [2.05, 4.69) is 0 Å². The predicted molar refractivity (Wildman–Crippen MR) is 103 cm³/mol. The Morgan fingerprint density at radius 2 is 1.42 bits per heavy atom. The molecule has 12 nitrogen and oxygen atoms in total. The zero-order chi connectivity index (χ0) is 22.7. The van der Waals surface area contributed by atoms with Crippen LogP contribution in [0.3, 0.4) is 0 Å². The zero-order valence-corrected chi connectivity index (χ0v) is 16.8. The fourth-order valence-corrected chi connectivity index (χ4v) is 3.60. The topological polar surface area (TPSA) is 194 Å². The van der Waals surface area contributed by atoms with Crippen LogP contribution in [0.25, 0.3) is 0 Å². The van der Waals surface area contributed by atoms with Crippen LogP contribution in [-0.4, -0.2) is 112 Å². The lowest BCUT2D eigenvalue weighted by molar-refractivity contribution is -0.353. The van der Waals surface area contributed by atoms with E-state index in [1.54, 1.807) is 24.3 Å². The van der Waals surface area contributed by atoms with E-state index in [-0.39, 0.29) is 0 Å². The van der Waals surface area contributed by atoms with Crippen LogP contribution in [0.1, 0.15) is 0 Å². The van der Waals surface area contributed by atoms with Gasteiger partial charge in [-0.1, -0.05) is 0 Å². The van der Waals surface area contributed by atoms with E-state index < -0.39 is 74.6 Å². The molecule has 0 radical (unpaired) electrons. The van der Waals surface area contributed by atoms with E-state index in [1.165, 1.54) is 7.11 Å². The SMILES string of the molecule is CO[C@H]1[C@@H](O)[C@@H](CO)O[C@@H](O[C@H]2[C@H](O)[C@@H](O)[C@H](Oc3ccc(N)cc3)O[C@@H]2CO)[C@@H]1O. The monoisotopic (exact) mass is 447 g/mol. The van der Waals surface area contributed by atoms with Gasteiger partial charge in [0.1, 0.15) is 54.6 Å². The number of nitrogens with two attached hydrogens (primary N) is 1. The summed E-state index contributed by atoms with van der Waals surface area (Å²) in [7, 11) is 1.26. The fraction of sp³-hybridized carbons (Fsp3) is 0.684. The average Bonchev–Trinajstić information content (AvgIpc) is 2.76. The summed E-state index contributed by atoms with van der Waals surface area (Å²) in [5.74, 6) is 0.315. The highest BCUT2D eigenvalue weighted by atomic mass is 16.7. The molecule has 31 heavy (non-hydrogen) atoms. The van der Waals surface area contributed by atoms with Gasteiger partial charge in [0.15, 0.2) is 6.29 Å². The van der Waals surface area contributed by atoms with Gasteiger partial charge >= 0.3 is 0 Å². The van der Waals surface area contributed by atoms with E-state index in [0.29, 0.717) is 11.4 Å². The van der Waals surface area contributed by atoms with Crippen molar-refractivity contribution in [3.63, 3.8) is 0 Å². The molecule has 0 spiro atoms. The number of hydrogen-bond acceptors (Lipinski definition) is 12. The quantitative estimate of drug-likeness (QED) is 0.209. The molecule has 0 bridgehead atoms. The minimum Gasteiger partial charge on any atom is -0.462 e. The molecule has 1 aromatic rings. The average molecular weight is 447 g/mol. The molecule has 8 N–H and O–H groups in total. The van der Waals surface area contributed by atoms with Crippen LogP contribution < -0.4 is 10.5 Å². The number of aliphatic hydroxyl groups is 6. The molecule has 2 heterocycles. The van der Waals surface area contributed by atoms with Crippen LogP contribution in [0.15, 0.2) is 24.3 Å². The van der Waals surface area contributed by atoms with Crippen LogP contribution in [0.4, 0.5) is 5.69 Å². The molecule has 0 aromatic heterocycles. The summed E-state index contributed by atoms with van der Waals surface area (Å²) in [6.07, 6.45) is -13.5. The van der Waals surface area contributed by atoms with E-state index in [1.807, 2.05) is 0 Å². The summed E-state index contributed by atoms with van der Waals surface area (Å²) in [4.78, 5) is 0. The molecular formula is C19H29NO11. The van der Waals surface area contributed by atoms with Crippen LogP contribution in [-0.2, 0) is 18.9 Å². The summed E-state index contributed by atoms with van der Waals surface area (Å²) in [6.45, 7) is -1.19. The van der Waals surface area contributed by atoms with Crippen molar-refractivity contribution < 1.29 is 54.3 Å². The summed E-state index contributed by atoms with van der Waals surface area (Å²) in [5, 5.41) is 60.8. The minimum atomic E-state index is -1.60. The van der Waals surface area contributed by atoms with Gasteiger partial charge < -0.3 is 60.1 Å². The van der Waals surface area contributed by atoms with Crippen molar-refractivity contribution in [1.82, 2.24) is 0 Å². The van der Waals surface area contributed by atoms with Crippen LogP contribution in [0, 0.1) is 0 Å². The Hall–Kier alpha value is -1.58. The summed E-state index contributed by atoms with van der Waals surface area (Å²) in [5.41, 5.74) is 6.13. The molecule has 0 saturated carbocycles. The smallest absolute Gasteiger partial charge is 0.229 e. The van der Waals surface area contributed by atoms with Gasteiger partial charge in [-0.3, -0.25) is 0 Å². The Morgan fingerprint density at radius 1 is 0.806 bits per heavy atom. The number of aliphatic hydroxyl groups excluding tert-OH is 6. The second kappa shape index (κ2) is 10.4. The third-order valence-corrected chi connectivity index (χ3v) is 5.34. The van der Waals surface area contributed by atoms with E-state index >= 15 is 0 Å². The number of nitrogen functional groups attached to an aromatic ring is 1. The van der Waals surface area contributed by atoms with Gasteiger partial charge in [0.05, 0.1) is 13.2 Å². The van der Waals surface area contributed by atoms with E-state index in [9.17, 15) is 30.6 Å². The van der Waals surface area contributed by atoms with E-state index in [0.717, 1.165) is 0 Å². The Morgan fingerprint density at radius 3 is 2.00 bits per heavy atom. The van der Waals surface area contributed by atoms with Gasteiger partial charge in [0.25, 0.3) is 0 Å². The molecule has 0 amide bonds. The lowest BCUT2D eigenvalue weighted by Crippen LogP contribution is -2.65. The maximum atomic E-state index is 10.6. The maximum Gasteiger partial charge on any atom is 0.229 e. The molecule has 176 valence electrons. The number of rotatable bonds is 7. The Kier molecular flexibility index (Phi) is 8.04. The third kappa shape index (κ3) is 5.09. The minimum absolute atomic E-state index is 0.315. The molecule has 10 atom stereocenters. The molecule has 0 unspecified atom stereocenters. The maximum absolute atomic E-state index is 10.6. The lowest BCUT2D eigenvalue weighted by Gasteiger charge is -2.46. The first-order chi connectivity index (χ1) is 14.8. The van der Waals surface area contributed by atoms with Gasteiger partial charge in [-0.05, 0) is 24.3 Å². The fourth-order valence-electron chi connectivity index (χ4n) is 3.60. The number of anilines is 1. The van der Waals surface area contributed by atoms with Crippen molar-refractivity contribution in [3.05, 3.63) is 24.3 Å². The van der Waals surface area contributed by atoms with Gasteiger partial charge in [-0.2, -0.15) is 0 Å². The van der Waals surface area contributed by atoms with Crippen molar-refractivity contribution >= 4 is 5.69 Å². The molecule has 2 aliphatic rings. The van der Waals surface area contributed by atoms with E-state index in [4.69, 9.17) is 29.4 Å². The highest BCUT2D eigenvalue weighted by Gasteiger charge is 2.51.